The van der Waals surface area contributed by atoms with Crippen LogP contribution in [0.25, 0.3) is 0 Å². The van der Waals surface area contributed by atoms with Gasteiger partial charge < -0.3 is 25.2 Å². The van der Waals surface area contributed by atoms with Gasteiger partial charge in [-0.1, -0.05) is 26.0 Å². The van der Waals surface area contributed by atoms with Crippen LogP contribution in [0, 0.1) is 0 Å². The lowest BCUT2D eigenvalue weighted by Crippen LogP contribution is -2.52. The van der Waals surface area contributed by atoms with E-state index in [0.717, 1.165) is 0 Å². The van der Waals surface area contributed by atoms with Gasteiger partial charge in [-0.05, 0) is 19.1 Å². The van der Waals surface area contributed by atoms with E-state index in [0.29, 0.717) is 18.1 Å². The first-order valence-corrected chi connectivity index (χ1v) is 7.57. The molecule has 1 aliphatic rings. The second-order valence-corrected chi connectivity index (χ2v) is 5.79. The lowest BCUT2D eigenvalue weighted by Gasteiger charge is -2.31. The van der Waals surface area contributed by atoms with Crippen molar-refractivity contribution >= 4 is 5.91 Å². The van der Waals surface area contributed by atoms with Crippen molar-refractivity contribution in [3.8, 4) is 11.5 Å². The molecule has 1 aliphatic heterocycles. The van der Waals surface area contributed by atoms with Gasteiger partial charge in [-0.25, -0.2) is 0 Å². The SMILES string of the molecule is CC(C)NC[C@H](O)C(=O)N[C@H](C)[C@H]1COc2ccccc2O1. The minimum atomic E-state index is -1.08. The highest BCUT2D eigenvalue weighted by Crippen LogP contribution is 2.31. The van der Waals surface area contributed by atoms with E-state index in [4.69, 9.17) is 9.47 Å². The fraction of sp³-hybridized carbons (Fsp3) is 0.562. The predicted molar refractivity (Wildman–Crippen MR) is 83.1 cm³/mol. The lowest BCUT2D eigenvalue weighted by atomic mass is 10.1. The van der Waals surface area contributed by atoms with Crippen LogP contribution in [0.5, 0.6) is 11.5 Å². The number of rotatable bonds is 6. The molecule has 22 heavy (non-hydrogen) atoms. The number of carbonyl (C=O) groups is 1. The molecule has 3 N–H and O–H groups in total. The number of ether oxygens (including phenoxy) is 2. The van der Waals surface area contributed by atoms with Gasteiger partial charge in [0.05, 0.1) is 6.04 Å². The maximum atomic E-state index is 12.0. The summed E-state index contributed by atoms with van der Waals surface area (Å²) in [6.07, 6.45) is -1.37. The summed E-state index contributed by atoms with van der Waals surface area (Å²) in [6.45, 7) is 6.33. The Kier molecular flexibility index (Phi) is 5.63. The quantitative estimate of drug-likeness (QED) is 0.720. The van der Waals surface area contributed by atoms with E-state index >= 15 is 0 Å². The van der Waals surface area contributed by atoms with E-state index < -0.39 is 12.0 Å². The molecule has 2 rings (SSSR count). The number of hydrogen-bond acceptors (Lipinski definition) is 5. The van der Waals surface area contributed by atoms with Crippen molar-refractivity contribution in [3.05, 3.63) is 24.3 Å². The summed E-state index contributed by atoms with van der Waals surface area (Å²) in [7, 11) is 0. The Bertz CT molecular complexity index is 507. The van der Waals surface area contributed by atoms with E-state index in [1.807, 2.05) is 45.0 Å². The van der Waals surface area contributed by atoms with Crippen molar-refractivity contribution < 1.29 is 19.4 Å². The molecule has 0 spiro atoms. The van der Waals surface area contributed by atoms with Crippen molar-refractivity contribution in [2.24, 2.45) is 0 Å². The Morgan fingerprint density at radius 1 is 1.32 bits per heavy atom. The molecule has 3 atom stereocenters. The van der Waals surface area contributed by atoms with Crippen LogP contribution in [0.1, 0.15) is 20.8 Å². The zero-order chi connectivity index (χ0) is 16.1. The van der Waals surface area contributed by atoms with Crippen LogP contribution in [0.4, 0.5) is 0 Å². The zero-order valence-corrected chi connectivity index (χ0v) is 13.2. The van der Waals surface area contributed by atoms with Crippen molar-refractivity contribution in [2.75, 3.05) is 13.2 Å². The van der Waals surface area contributed by atoms with Gasteiger partial charge in [0, 0.05) is 12.6 Å². The van der Waals surface area contributed by atoms with Crippen LogP contribution >= 0.6 is 0 Å². The number of hydrogen-bond donors (Lipinski definition) is 3. The second kappa shape index (κ2) is 7.47. The molecule has 0 radical (unpaired) electrons. The number of nitrogens with one attached hydrogen (secondary N) is 2. The molecule has 122 valence electrons. The first-order valence-electron chi connectivity index (χ1n) is 7.57. The van der Waals surface area contributed by atoms with Gasteiger partial charge in [0.25, 0.3) is 5.91 Å². The lowest BCUT2D eigenvalue weighted by molar-refractivity contribution is -0.130. The summed E-state index contributed by atoms with van der Waals surface area (Å²) in [5.74, 6) is 0.962. The first-order chi connectivity index (χ1) is 10.5. The van der Waals surface area contributed by atoms with Crippen molar-refractivity contribution in [1.29, 1.82) is 0 Å². The number of carbonyl (C=O) groups excluding carboxylic acids is 1. The van der Waals surface area contributed by atoms with E-state index in [-0.39, 0.29) is 24.7 Å². The normalized spacial score (nSPS) is 19.6. The maximum absolute atomic E-state index is 12.0. The molecule has 0 aliphatic carbocycles. The van der Waals surface area contributed by atoms with E-state index in [1.54, 1.807) is 0 Å². The molecule has 0 saturated carbocycles. The fourth-order valence-electron chi connectivity index (χ4n) is 2.14. The van der Waals surface area contributed by atoms with Crippen molar-refractivity contribution in [3.63, 3.8) is 0 Å². The second-order valence-electron chi connectivity index (χ2n) is 5.79. The molecule has 1 heterocycles. The van der Waals surface area contributed by atoms with Crippen LogP contribution in [-0.4, -0.2) is 48.5 Å². The van der Waals surface area contributed by atoms with Gasteiger partial charge >= 0.3 is 0 Å². The molecule has 0 fully saturated rings. The Labute approximate surface area is 130 Å². The first kappa shape index (κ1) is 16.6. The van der Waals surface area contributed by atoms with Gasteiger partial charge in [-0.2, -0.15) is 0 Å². The number of para-hydroxylation sites is 2. The number of aliphatic hydroxyl groups is 1. The standard InChI is InChI=1S/C16H24N2O4/c1-10(2)17-8-12(19)16(20)18-11(3)15-9-21-13-6-4-5-7-14(13)22-15/h4-7,10-12,15,17,19H,8-9H2,1-3H3,(H,18,20)/t11-,12+,15-/m1/s1. The molecule has 1 amide bonds. The Morgan fingerprint density at radius 2 is 2.00 bits per heavy atom. The molecule has 0 bridgehead atoms. The largest absolute Gasteiger partial charge is 0.486 e. The van der Waals surface area contributed by atoms with Crippen LogP contribution < -0.4 is 20.1 Å². The van der Waals surface area contributed by atoms with Crippen molar-refractivity contribution in [1.82, 2.24) is 10.6 Å². The summed E-state index contributed by atoms with van der Waals surface area (Å²) >= 11 is 0. The summed E-state index contributed by atoms with van der Waals surface area (Å²) in [6, 6.07) is 7.37. The topological polar surface area (TPSA) is 79.8 Å². The summed E-state index contributed by atoms with van der Waals surface area (Å²) in [5.41, 5.74) is 0. The molecule has 1 aromatic rings. The Morgan fingerprint density at radius 3 is 2.68 bits per heavy atom. The van der Waals surface area contributed by atoms with Crippen LogP contribution in [0.3, 0.4) is 0 Å². The molecule has 1 aromatic carbocycles. The fourth-order valence-corrected chi connectivity index (χ4v) is 2.14. The highest BCUT2D eigenvalue weighted by atomic mass is 16.6. The zero-order valence-electron chi connectivity index (χ0n) is 13.2. The van der Waals surface area contributed by atoms with E-state index in [9.17, 15) is 9.90 Å². The van der Waals surface area contributed by atoms with E-state index in [1.165, 1.54) is 0 Å². The van der Waals surface area contributed by atoms with Crippen LogP contribution in [0.15, 0.2) is 24.3 Å². The third-order valence-electron chi connectivity index (χ3n) is 3.48. The number of aliphatic hydroxyl groups excluding tert-OH is 1. The molecular weight excluding hydrogens is 284 g/mol. The molecule has 0 unspecified atom stereocenters. The molecule has 6 nitrogen and oxygen atoms in total. The smallest absolute Gasteiger partial charge is 0.250 e. The number of benzene rings is 1. The van der Waals surface area contributed by atoms with Gasteiger partial charge in [-0.15, -0.1) is 0 Å². The minimum Gasteiger partial charge on any atom is -0.486 e. The predicted octanol–water partition coefficient (Wildman–Crippen LogP) is 0.690. The molecule has 0 saturated heterocycles. The molecule has 6 heteroatoms. The maximum Gasteiger partial charge on any atom is 0.250 e. The third-order valence-corrected chi connectivity index (χ3v) is 3.48. The highest BCUT2D eigenvalue weighted by Gasteiger charge is 2.28. The Hall–Kier alpha value is -1.79. The van der Waals surface area contributed by atoms with Gasteiger partial charge in [0.1, 0.15) is 12.7 Å². The van der Waals surface area contributed by atoms with Gasteiger partial charge in [-0.3, -0.25) is 4.79 Å². The van der Waals surface area contributed by atoms with E-state index in [2.05, 4.69) is 10.6 Å². The summed E-state index contributed by atoms with van der Waals surface area (Å²) in [5, 5.41) is 15.6. The van der Waals surface area contributed by atoms with Gasteiger partial charge in [0.2, 0.25) is 0 Å². The minimum absolute atomic E-state index is 0.214. The monoisotopic (exact) mass is 308 g/mol. The third kappa shape index (κ3) is 4.35. The van der Waals surface area contributed by atoms with Crippen molar-refractivity contribution in [2.45, 2.75) is 45.1 Å². The summed E-state index contributed by atoms with van der Waals surface area (Å²) in [4.78, 5) is 12.0. The van der Waals surface area contributed by atoms with Crippen LogP contribution in [-0.2, 0) is 4.79 Å². The highest BCUT2D eigenvalue weighted by molar-refractivity contribution is 5.81. The summed E-state index contributed by atoms with van der Waals surface area (Å²) < 4.78 is 11.5. The van der Waals surface area contributed by atoms with Gasteiger partial charge in [0.15, 0.2) is 17.6 Å². The Balaban J connectivity index is 1.85. The number of fused-ring (bicyclic) bond motifs is 1. The molecular formula is C16H24N2O4. The average molecular weight is 308 g/mol. The number of amides is 1. The molecule has 0 aromatic heterocycles. The van der Waals surface area contributed by atoms with Crippen LogP contribution in [0.2, 0.25) is 0 Å². The average Bonchev–Trinajstić information content (AvgIpc) is 2.51.